The summed E-state index contributed by atoms with van der Waals surface area (Å²) in [7, 11) is 0. The van der Waals surface area contributed by atoms with Crippen LogP contribution in [0.3, 0.4) is 0 Å². The van der Waals surface area contributed by atoms with E-state index in [4.69, 9.17) is 4.74 Å². The smallest absolute Gasteiger partial charge is 0.234 e. The van der Waals surface area contributed by atoms with Crippen molar-refractivity contribution in [3.8, 4) is 0 Å². The van der Waals surface area contributed by atoms with Crippen molar-refractivity contribution in [3.05, 3.63) is 46.5 Å². The fourth-order valence-corrected chi connectivity index (χ4v) is 3.30. The lowest BCUT2D eigenvalue weighted by atomic mass is 9.89. The summed E-state index contributed by atoms with van der Waals surface area (Å²) in [5.41, 5.74) is -0.00229. The number of thiazole rings is 1. The van der Waals surface area contributed by atoms with Crippen molar-refractivity contribution in [2.75, 3.05) is 18.5 Å². The molecular weight excluding hydrogens is 322 g/mol. The van der Waals surface area contributed by atoms with E-state index in [1.165, 1.54) is 23.5 Å². The first-order valence-corrected chi connectivity index (χ1v) is 8.05. The SMILES string of the molecule is C[C@]1(C(=O)Nc2ncc(Cc3cc(F)cc(F)c3)s2)CCOC1. The van der Waals surface area contributed by atoms with E-state index in [0.29, 0.717) is 36.8 Å². The van der Waals surface area contributed by atoms with E-state index >= 15 is 0 Å². The number of ether oxygens (including phenoxy) is 1. The average molecular weight is 338 g/mol. The van der Waals surface area contributed by atoms with Gasteiger partial charge >= 0.3 is 0 Å². The first kappa shape index (κ1) is 16.0. The number of anilines is 1. The Hall–Kier alpha value is -1.86. The van der Waals surface area contributed by atoms with E-state index in [1.807, 2.05) is 6.92 Å². The van der Waals surface area contributed by atoms with Crippen LogP contribution in [0.5, 0.6) is 0 Å². The van der Waals surface area contributed by atoms with Gasteiger partial charge in [0.15, 0.2) is 5.13 Å². The molecule has 1 aliphatic heterocycles. The van der Waals surface area contributed by atoms with Crippen molar-refractivity contribution in [3.63, 3.8) is 0 Å². The Balaban J connectivity index is 1.67. The van der Waals surface area contributed by atoms with Crippen LogP contribution in [0.25, 0.3) is 0 Å². The van der Waals surface area contributed by atoms with Crippen molar-refractivity contribution >= 4 is 22.4 Å². The van der Waals surface area contributed by atoms with Gasteiger partial charge in [0, 0.05) is 30.2 Å². The Morgan fingerprint density at radius 3 is 2.78 bits per heavy atom. The molecule has 1 aliphatic rings. The van der Waals surface area contributed by atoms with Crippen LogP contribution in [-0.4, -0.2) is 24.1 Å². The number of benzene rings is 1. The van der Waals surface area contributed by atoms with Crippen molar-refractivity contribution in [2.45, 2.75) is 19.8 Å². The van der Waals surface area contributed by atoms with Crippen LogP contribution in [0.2, 0.25) is 0 Å². The lowest BCUT2D eigenvalue weighted by molar-refractivity contribution is -0.124. The molecule has 0 aliphatic carbocycles. The fourth-order valence-electron chi connectivity index (χ4n) is 2.46. The van der Waals surface area contributed by atoms with E-state index in [1.54, 1.807) is 6.20 Å². The van der Waals surface area contributed by atoms with Crippen molar-refractivity contribution in [2.24, 2.45) is 5.41 Å². The molecule has 0 bridgehead atoms. The maximum atomic E-state index is 13.2. The monoisotopic (exact) mass is 338 g/mol. The van der Waals surface area contributed by atoms with Crippen LogP contribution in [0.4, 0.5) is 13.9 Å². The van der Waals surface area contributed by atoms with Gasteiger partial charge in [-0.05, 0) is 31.0 Å². The highest BCUT2D eigenvalue weighted by molar-refractivity contribution is 7.15. The molecular formula is C16H16F2N2O2S. The fraction of sp³-hybridized carbons (Fsp3) is 0.375. The lowest BCUT2D eigenvalue weighted by Crippen LogP contribution is -2.33. The number of hydrogen-bond acceptors (Lipinski definition) is 4. The van der Waals surface area contributed by atoms with E-state index in [0.717, 1.165) is 10.9 Å². The van der Waals surface area contributed by atoms with Gasteiger partial charge in [-0.3, -0.25) is 4.79 Å². The van der Waals surface area contributed by atoms with E-state index < -0.39 is 17.0 Å². The minimum Gasteiger partial charge on any atom is -0.380 e. The van der Waals surface area contributed by atoms with Crippen LogP contribution in [0.15, 0.2) is 24.4 Å². The highest BCUT2D eigenvalue weighted by atomic mass is 32.1. The van der Waals surface area contributed by atoms with Crippen LogP contribution < -0.4 is 5.32 Å². The average Bonchev–Trinajstić information content (AvgIpc) is 3.08. The third-order valence-corrected chi connectivity index (χ3v) is 4.75. The summed E-state index contributed by atoms with van der Waals surface area (Å²) in [5.74, 6) is -1.33. The van der Waals surface area contributed by atoms with Gasteiger partial charge in [0.1, 0.15) is 11.6 Å². The summed E-state index contributed by atoms with van der Waals surface area (Å²) < 4.78 is 31.7. The molecule has 1 aromatic carbocycles. The molecule has 3 rings (SSSR count). The molecule has 2 aromatic rings. The minimum absolute atomic E-state index is 0.118. The molecule has 1 fully saturated rings. The Kier molecular flexibility index (Phi) is 4.41. The van der Waals surface area contributed by atoms with Gasteiger partial charge in [0.25, 0.3) is 0 Å². The molecule has 1 atom stereocenters. The van der Waals surface area contributed by atoms with Gasteiger partial charge in [-0.15, -0.1) is 11.3 Å². The van der Waals surface area contributed by atoms with Gasteiger partial charge in [-0.1, -0.05) is 0 Å². The van der Waals surface area contributed by atoms with Crippen molar-refractivity contribution < 1.29 is 18.3 Å². The number of rotatable bonds is 4. The summed E-state index contributed by atoms with van der Waals surface area (Å²) in [6.45, 7) is 2.84. The molecule has 1 amide bonds. The Morgan fingerprint density at radius 2 is 2.13 bits per heavy atom. The molecule has 1 saturated heterocycles. The normalized spacial score (nSPS) is 20.7. The van der Waals surface area contributed by atoms with Gasteiger partial charge in [-0.25, -0.2) is 13.8 Å². The lowest BCUT2D eigenvalue weighted by Gasteiger charge is -2.19. The van der Waals surface area contributed by atoms with Gasteiger partial charge in [0.2, 0.25) is 5.91 Å². The molecule has 0 unspecified atom stereocenters. The van der Waals surface area contributed by atoms with E-state index in [2.05, 4.69) is 10.3 Å². The van der Waals surface area contributed by atoms with Crippen molar-refractivity contribution in [1.29, 1.82) is 0 Å². The number of amides is 1. The van der Waals surface area contributed by atoms with Crippen LogP contribution >= 0.6 is 11.3 Å². The number of aromatic nitrogens is 1. The summed E-state index contributed by atoms with van der Waals surface area (Å²) in [6, 6.07) is 3.42. The van der Waals surface area contributed by atoms with Gasteiger partial charge in [0.05, 0.1) is 12.0 Å². The highest BCUT2D eigenvalue weighted by Crippen LogP contribution is 2.30. The molecule has 1 aromatic heterocycles. The second-order valence-electron chi connectivity index (χ2n) is 5.90. The molecule has 0 saturated carbocycles. The summed E-state index contributed by atoms with van der Waals surface area (Å²) >= 11 is 1.30. The predicted molar refractivity (Wildman–Crippen MR) is 83.5 cm³/mol. The topological polar surface area (TPSA) is 51.2 Å². The Morgan fingerprint density at radius 1 is 1.39 bits per heavy atom. The summed E-state index contributed by atoms with van der Waals surface area (Å²) in [4.78, 5) is 17.2. The molecule has 7 heteroatoms. The molecule has 0 spiro atoms. The zero-order valence-corrected chi connectivity index (χ0v) is 13.4. The first-order valence-electron chi connectivity index (χ1n) is 7.23. The Labute approximate surface area is 136 Å². The second kappa shape index (κ2) is 6.33. The zero-order valence-electron chi connectivity index (χ0n) is 12.6. The molecule has 1 N–H and O–H groups in total. The maximum absolute atomic E-state index is 13.2. The Bertz CT molecular complexity index is 706. The molecule has 4 nitrogen and oxygen atoms in total. The summed E-state index contributed by atoms with van der Waals surface area (Å²) in [5, 5.41) is 3.28. The standard InChI is InChI=1S/C16H16F2N2O2S/c1-16(2-3-22-9-16)14(21)20-15-19-8-13(23-15)6-10-4-11(17)7-12(18)5-10/h4-5,7-8H,2-3,6,9H2,1H3,(H,19,20,21)/t16-/m0/s1. The first-order chi connectivity index (χ1) is 10.9. The van der Waals surface area contributed by atoms with Gasteiger partial charge in [-0.2, -0.15) is 0 Å². The zero-order chi connectivity index (χ0) is 16.4. The minimum atomic E-state index is -0.604. The third kappa shape index (κ3) is 3.73. The van der Waals surface area contributed by atoms with Crippen molar-refractivity contribution in [1.82, 2.24) is 4.98 Å². The van der Waals surface area contributed by atoms with E-state index in [9.17, 15) is 13.6 Å². The number of hydrogen-bond donors (Lipinski definition) is 1. The predicted octanol–water partition coefficient (Wildman–Crippen LogP) is 3.38. The maximum Gasteiger partial charge on any atom is 0.234 e. The quantitative estimate of drug-likeness (QED) is 0.930. The van der Waals surface area contributed by atoms with Gasteiger partial charge < -0.3 is 10.1 Å². The molecule has 2 heterocycles. The highest BCUT2D eigenvalue weighted by Gasteiger charge is 2.37. The number of nitrogens with one attached hydrogen (secondary N) is 1. The number of nitrogens with zero attached hydrogens (tertiary/aromatic N) is 1. The van der Waals surface area contributed by atoms with Crippen LogP contribution in [0.1, 0.15) is 23.8 Å². The summed E-state index contributed by atoms with van der Waals surface area (Å²) in [6.07, 6.45) is 2.65. The number of carbonyl (C=O) groups excluding carboxylic acids is 1. The van der Waals surface area contributed by atoms with Crippen LogP contribution in [0, 0.1) is 17.0 Å². The molecule has 23 heavy (non-hydrogen) atoms. The third-order valence-electron chi connectivity index (χ3n) is 3.84. The van der Waals surface area contributed by atoms with E-state index in [-0.39, 0.29) is 5.91 Å². The molecule has 122 valence electrons. The second-order valence-corrected chi connectivity index (χ2v) is 7.02. The number of halogens is 2. The molecule has 0 radical (unpaired) electrons. The number of carbonyl (C=O) groups is 1. The largest absolute Gasteiger partial charge is 0.380 e. The van der Waals surface area contributed by atoms with Crippen LogP contribution in [-0.2, 0) is 16.0 Å².